The summed E-state index contributed by atoms with van der Waals surface area (Å²) in [6.07, 6.45) is 4.07. The number of nitrogens with one attached hydrogen (secondary N) is 1. The van der Waals surface area contributed by atoms with Crippen LogP contribution in [0.5, 0.6) is 0 Å². The van der Waals surface area contributed by atoms with E-state index in [4.69, 9.17) is 17.0 Å². The molecule has 0 atom stereocenters. The molecule has 0 saturated heterocycles. The van der Waals surface area contributed by atoms with Crippen molar-refractivity contribution in [1.82, 2.24) is 4.98 Å². The van der Waals surface area contributed by atoms with Gasteiger partial charge < -0.3 is 5.41 Å². The van der Waals surface area contributed by atoms with E-state index in [0.29, 0.717) is 17.2 Å². The second-order valence-corrected chi connectivity index (χ2v) is 3.96. The van der Waals surface area contributed by atoms with E-state index in [1.807, 2.05) is 36.4 Å². The zero-order valence-electron chi connectivity index (χ0n) is 8.65. The average molecular weight is 231 g/mol. The van der Waals surface area contributed by atoms with Crippen LogP contribution < -0.4 is 0 Å². The van der Waals surface area contributed by atoms with Crippen molar-refractivity contribution in [3.05, 3.63) is 64.9 Å². The van der Waals surface area contributed by atoms with Gasteiger partial charge in [0.05, 0.1) is 0 Å². The molecule has 0 unspecified atom stereocenters. The Morgan fingerprint density at radius 1 is 1.19 bits per heavy atom. The lowest BCUT2D eigenvalue weighted by atomic mass is 10.0. The van der Waals surface area contributed by atoms with Crippen LogP contribution in [0.3, 0.4) is 0 Å². The molecule has 0 aliphatic heterocycles. The number of nitrogens with zero attached hydrogens (tertiary/aromatic N) is 1. The number of aromatic nitrogens is 1. The van der Waals surface area contributed by atoms with E-state index in [1.165, 1.54) is 0 Å². The topological polar surface area (TPSA) is 36.7 Å². The highest BCUT2D eigenvalue weighted by molar-refractivity contribution is 6.31. The molecule has 0 aliphatic carbocycles. The summed E-state index contributed by atoms with van der Waals surface area (Å²) < 4.78 is 0. The molecule has 1 aromatic carbocycles. The number of hydrogen-bond donors (Lipinski definition) is 1. The zero-order chi connectivity index (χ0) is 11.4. The van der Waals surface area contributed by atoms with Crippen LogP contribution in [0.15, 0.2) is 48.8 Å². The Balaban J connectivity index is 2.15. The highest BCUT2D eigenvalue weighted by Crippen LogP contribution is 2.13. The van der Waals surface area contributed by atoms with Gasteiger partial charge in [0.25, 0.3) is 0 Å². The van der Waals surface area contributed by atoms with Crippen LogP contribution in [0.1, 0.15) is 11.1 Å². The van der Waals surface area contributed by atoms with E-state index in [1.54, 1.807) is 12.4 Å². The summed E-state index contributed by atoms with van der Waals surface area (Å²) in [6, 6.07) is 11.2. The van der Waals surface area contributed by atoms with Gasteiger partial charge in [-0.15, -0.1) is 0 Å². The Labute approximate surface area is 99.4 Å². The van der Waals surface area contributed by atoms with Crippen LogP contribution in [-0.2, 0) is 6.42 Å². The van der Waals surface area contributed by atoms with Crippen LogP contribution in [0, 0.1) is 5.41 Å². The normalized spacial score (nSPS) is 10.1. The van der Waals surface area contributed by atoms with Gasteiger partial charge in [-0.05, 0) is 35.4 Å². The second-order valence-electron chi connectivity index (χ2n) is 3.52. The third-order valence-electron chi connectivity index (χ3n) is 2.30. The first-order valence-electron chi connectivity index (χ1n) is 4.98. The maximum atomic E-state index is 7.98. The molecule has 1 heterocycles. The van der Waals surface area contributed by atoms with Gasteiger partial charge in [-0.1, -0.05) is 23.7 Å². The Morgan fingerprint density at radius 2 is 1.94 bits per heavy atom. The van der Waals surface area contributed by atoms with Crippen molar-refractivity contribution in [3.63, 3.8) is 0 Å². The van der Waals surface area contributed by atoms with Crippen molar-refractivity contribution in [3.8, 4) is 0 Å². The molecule has 0 saturated carbocycles. The molecule has 0 fully saturated rings. The SMILES string of the molecule is N=C(Cc1ccncc1)c1cccc(Cl)c1. The molecule has 0 bridgehead atoms. The van der Waals surface area contributed by atoms with E-state index >= 15 is 0 Å². The predicted octanol–water partition coefficient (Wildman–Crippen LogP) is 3.35. The number of hydrogen-bond acceptors (Lipinski definition) is 2. The first-order chi connectivity index (χ1) is 7.75. The fourth-order valence-corrected chi connectivity index (χ4v) is 1.67. The van der Waals surface area contributed by atoms with Gasteiger partial charge in [0, 0.05) is 29.5 Å². The summed E-state index contributed by atoms with van der Waals surface area (Å²) in [5, 5.41) is 8.65. The van der Waals surface area contributed by atoms with Gasteiger partial charge in [0.2, 0.25) is 0 Å². The molecule has 3 heteroatoms. The van der Waals surface area contributed by atoms with Crippen molar-refractivity contribution < 1.29 is 0 Å². The van der Waals surface area contributed by atoms with Crippen LogP contribution in [0.2, 0.25) is 5.02 Å². The second kappa shape index (κ2) is 4.90. The fraction of sp³-hybridized carbons (Fsp3) is 0.0769. The minimum atomic E-state index is 0.564. The molecule has 0 radical (unpaired) electrons. The molecule has 1 aromatic heterocycles. The molecule has 2 rings (SSSR count). The molecular weight excluding hydrogens is 220 g/mol. The first kappa shape index (κ1) is 10.8. The van der Waals surface area contributed by atoms with Crippen LogP contribution in [-0.4, -0.2) is 10.7 Å². The number of benzene rings is 1. The summed E-state index contributed by atoms with van der Waals surface area (Å²) in [5.41, 5.74) is 2.51. The van der Waals surface area contributed by atoms with E-state index in [9.17, 15) is 0 Å². The maximum Gasteiger partial charge on any atom is 0.0430 e. The number of rotatable bonds is 3. The van der Waals surface area contributed by atoms with Crippen LogP contribution in [0.25, 0.3) is 0 Å². The quantitative estimate of drug-likeness (QED) is 0.807. The third-order valence-corrected chi connectivity index (χ3v) is 2.54. The highest BCUT2D eigenvalue weighted by atomic mass is 35.5. The Morgan fingerprint density at radius 3 is 2.62 bits per heavy atom. The molecule has 1 N–H and O–H groups in total. The molecule has 2 nitrogen and oxygen atoms in total. The Kier molecular flexibility index (Phi) is 3.32. The average Bonchev–Trinajstić information content (AvgIpc) is 2.30. The fourth-order valence-electron chi connectivity index (χ4n) is 1.48. The molecule has 0 amide bonds. The Bertz CT molecular complexity index is 494. The van der Waals surface area contributed by atoms with E-state index in [2.05, 4.69) is 4.98 Å². The van der Waals surface area contributed by atoms with Crippen molar-refractivity contribution in [2.75, 3.05) is 0 Å². The lowest BCUT2D eigenvalue weighted by Gasteiger charge is -2.04. The number of pyridine rings is 1. The van der Waals surface area contributed by atoms with E-state index in [-0.39, 0.29) is 0 Å². The molecular formula is C13H11ClN2. The standard InChI is InChI=1S/C13H11ClN2/c14-12-3-1-2-11(9-12)13(15)8-10-4-6-16-7-5-10/h1-7,9,15H,8H2. The summed E-state index contributed by atoms with van der Waals surface area (Å²) in [7, 11) is 0. The molecule has 80 valence electrons. The van der Waals surface area contributed by atoms with E-state index < -0.39 is 0 Å². The van der Waals surface area contributed by atoms with Gasteiger partial charge in [-0.2, -0.15) is 0 Å². The maximum absolute atomic E-state index is 7.98. The van der Waals surface area contributed by atoms with Crippen LogP contribution >= 0.6 is 11.6 Å². The molecule has 2 aromatic rings. The van der Waals surface area contributed by atoms with Gasteiger partial charge in [-0.3, -0.25) is 4.98 Å². The summed E-state index contributed by atoms with van der Waals surface area (Å²) in [6.45, 7) is 0. The number of halogens is 1. The third kappa shape index (κ3) is 2.67. The molecule has 0 aliphatic rings. The lowest BCUT2D eigenvalue weighted by molar-refractivity contribution is 1.22. The van der Waals surface area contributed by atoms with Gasteiger partial charge in [0.15, 0.2) is 0 Å². The minimum absolute atomic E-state index is 0.564. The zero-order valence-corrected chi connectivity index (χ0v) is 9.41. The van der Waals surface area contributed by atoms with Gasteiger partial charge >= 0.3 is 0 Å². The minimum Gasteiger partial charge on any atom is -0.304 e. The van der Waals surface area contributed by atoms with E-state index in [0.717, 1.165) is 11.1 Å². The lowest BCUT2D eigenvalue weighted by Crippen LogP contribution is -2.03. The van der Waals surface area contributed by atoms with Crippen molar-refractivity contribution in [1.29, 1.82) is 5.41 Å². The van der Waals surface area contributed by atoms with Crippen molar-refractivity contribution in [2.45, 2.75) is 6.42 Å². The summed E-state index contributed by atoms with van der Waals surface area (Å²) in [4.78, 5) is 3.95. The molecule has 0 spiro atoms. The summed E-state index contributed by atoms with van der Waals surface area (Å²) in [5.74, 6) is 0. The Hall–Kier alpha value is -1.67. The first-order valence-corrected chi connectivity index (χ1v) is 5.36. The monoisotopic (exact) mass is 230 g/mol. The molecule has 16 heavy (non-hydrogen) atoms. The summed E-state index contributed by atoms with van der Waals surface area (Å²) >= 11 is 5.89. The van der Waals surface area contributed by atoms with Crippen molar-refractivity contribution >= 4 is 17.3 Å². The smallest absolute Gasteiger partial charge is 0.0430 e. The van der Waals surface area contributed by atoms with Gasteiger partial charge in [0.1, 0.15) is 0 Å². The van der Waals surface area contributed by atoms with Gasteiger partial charge in [-0.25, -0.2) is 0 Å². The largest absolute Gasteiger partial charge is 0.304 e. The predicted molar refractivity (Wildman–Crippen MR) is 66.2 cm³/mol. The van der Waals surface area contributed by atoms with Crippen LogP contribution in [0.4, 0.5) is 0 Å². The highest BCUT2D eigenvalue weighted by Gasteiger charge is 2.03. The van der Waals surface area contributed by atoms with Crippen molar-refractivity contribution in [2.24, 2.45) is 0 Å².